The number of aliphatic hydroxyl groups excluding tert-OH is 1. The second kappa shape index (κ2) is 10.4. The summed E-state index contributed by atoms with van der Waals surface area (Å²) in [5.41, 5.74) is 4.32. The van der Waals surface area contributed by atoms with E-state index < -0.39 is 0 Å². The van der Waals surface area contributed by atoms with Crippen molar-refractivity contribution in [1.29, 1.82) is 0 Å². The predicted molar refractivity (Wildman–Crippen MR) is 123 cm³/mol. The van der Waals surface area contributed by atoms with Gasteiger partial charge in [0.25, 0.3) is 0 Å². The number of rotatable bonds is 11. The van der Waals surface area contributed by atoms with E-state index in [0.29, 0.717) is 5.95 Å². The van der Waals surface area contributed by atoms with Gasteiger partial charge in [0, 0.05) is 12.6 Å². The summed E-state index contributed by atoms with van der Waals surface area (Å²) in [4.78, 5) is 13.9. The largest absolute Gasteiger partial charge is 0.394 e. The van der Waals surface area contributed by atoms with Gasteiger partial charge in [0.2, 0.25) is 5.95 Å². The van der Waals surface area contributed by atoms with Crippen molar-refractivity contribution < 1.29 is 5.11 Å². The highest BCUT2D eigenvalue weighted by Crippen LogP contribution is 2.24. The van der Waals surface area contributed by atoms with E-state index in [0.717, 1.165) is 49.2 Å². The van der Waals surface area contributed by atoms with Crippen LogP contribution >= 0.6 is 0 Å². The number of nitrogens with one attached hydrogen (secondary N) is 2. The Morgan fingerprint density at radius 1 is 1.13 bits per heavy atom. The smallest absolute Gasteiger partial charge is 0.227 e. The number of hydrogen-bond acceptors (Lipinski definition) is 6. The quantitative estimate of drug-likeness (QED) is 0.411. The molecule has 0 amide bonds. The van der Waals surface area contributed by atoms with Crippen molar-refractivity contribution in [2.24, 2.45) is 0 Å². The van der Waals surface area contributed by atoms with E-state index in [1.165, 1.54) is 11.1 Å². The second-order valence-electron chi connectivity index (χ2n) is 7.95. The molecule has 2 heterocycles. The molecule has 0 aliphatic rings. The van der Waals surface area contributed by atoms with E-state index in [-0.39, 0.29) is 18.7 Å². The standard InChI is InChI=1S/C23H34N6O/c1-5-17-9-7-10-18(13-17)11-8-12-24-21-20-22(29(15-25-20)16(3)4)28-23(27-21)26-19(6-2)14-30/h7,9-10,13,15-16,19,30H,5-6,8,11-12,14H2,1-4H3,(H2,24,26,27,28)/t19-/m1/s1. The molecule has 7 heteroatoms. The van der Waals surface area contributed by atoms with Gasteiger partial charge in [-0.25, -0.2) is 4.98 Å². The van der Waals surface area contributed by atoms with Gasteiger partial charge in [-0.3, -0.25) is 0 Å². The number of imidazole rings is 1. The van der Waals surface area contributed by atoms with Gasteiger partial charge in [-0.1, -0.05) is 38.1 Å². The van der Waals surface area contributed by atoms with Gasteiger partial charge in [-0.15, -0.1) is 0 Å². The Balaban J connectivity index is 1.75. The fourth-order valence-corrected chi connectivity index (χ4v) is 3.45. The molecule has 0 saturated heterocycles. The lowest BCUT2D eigenvalue weighted by Crippen LogP contribution is -2.24. The average Bonchev–Trinajstić information content (AvgIpc) is 3.19. The summed E-state index contributed by atoms with van der Waals surface area (Å²) >= 11 is 0. The first-order valence-electron chi connectivity index (χ1n) is 11.0. The molecule has 0 bridgehead atoms. The first-order chi connectivity index (χ1) is 14.5. The molecule has 2 aromatic heterocycles. The summed E-state index contributed by atoms with van der Waals surface area (Å²) in [6.45, 7) is 9.27. The molecule has 0 aliphatic carbocycles. The van der Waals surface area contributed by atoms with E-state index >= 15 is 0 Å². The minimum Gasteiger partial charge on any atom is -0.394 e. The molecule has 1 aromatic carbocycles. The Morgan fingerprint density at radius 2 is 1.93 bits per heavy atom. The van der Waals surface area contributed by atoms with Crippen molar-refractivity contribution in [2.75, 3.05) is 23.8 Å². The Labute approximate surface area is 179 Å². The predicted octanol–water partition coefficient (Wildman–Crippen LogP) is 4.20. The molecule has 3 rings (SSSR count). The molecule has 30 heavy (non-hydrogen) atoms. The number of aliphatic hydroxyl groups is 1. The molecule has 0 spiro atoms. The van der Waals surface area contributed by atoms with Gasteiger partial charge >= 0.3 is 0 Å². The van der Waals surface area contributed by atoms with Crippen LogP contribution in [0.3, 0.4) is 0 Å². The highest BCUT2D eigenvalue weighted by atomic mass is 16.3. The first-order valence-corrected chi connectivity index (χ1v) is 11.0. The van der Waals surface area contributed by atoms with Crippen molar-refractivity contribution in [1.82, 2.24) is 19.5 Å². The SMILES string of the molecule is CCc1cccc(CCCNc2nc(N[C@H](CC)CO)nc3c2ncn3C(C)C)c1. The molecule has 0 aliphatic heterocycles. The Morgan fingerprint density at radius 3 is 2.63 bits per heavy atom. The van der Waals surface area contributed by atoms with Gasteiger partial charge < -0.3 is 20.3 Å². The Bertz CT molecular complexity index is 948. The van der Waals surface area contributed by atoms with Crippen LogP contribution in [0.15, 0.2) is 30.6 Å². The highest BCUT2D eigenvalue weighted by molar-refractivity contribution is 5.84. The zero-order valence-corrected chi connectivity index (χ0v) is 18.5. The number of anilines is 2. The van der Waals surface area contributed by atoms with Crippen molar-refractivity contribution in [3.63, 3.8) is 0 Å². The van der Waals surface area contributed by atoms with E-state index in [9.17, 15) is 5.11 Å². The van der Waals surface area contributed by atoms with Crippen molar-refractivity contribution in [2.45, 2.75) is 65.5 Å². The minimum absolute atomic E-state index is 0.0426. The second-order valence-corrected chi connectivity index (χ2v) is 7.95. The molecule has 3 aromatic rings. The van der Waals surface area contributed by atoms with Crippen LogP contribution in [0.4, 0.5) is 11.8 Å². The van der Waals surface area contributed by atoms with Crippen molar-refractivity contribution in [3.05, 3.63) is 41.7 Å². The van der Waals surface area contributed by atoms with Crippen LogP contribution in [0.5, 0.6) is 0 Å². The van der Waals surface area contributed by atoms with Crippen LogP contribution in [0.2, 0.25) is 0 Å². The minimum atomic E-state index is -0.0726. The van der Waals surface area contributed by atoms with E-state index in [2.05, 4.69) is 70.6 Å². The van der Waals surface area contributed by atoms with Gasteiger partial charge in [0.1, 0.15) is 0 Å². The molecule has 0 unspecified atom stereocenters. The average molecular weight is 411 g/mol. The first kappa shape index (κ1) is 22.0. The van der Waals surface area contributed by atoms with Crippen LogP contribution < -0.4 is 10.6 Å². The zero-order valence-electron chi connectivity index (χ0n) is 18.5. The molecule has 3 N–H and O–H groups in total. The summed E-state index contributed by atoms with van der Waals surface area (Å²) in [6.07, 6.45) is 5.69. The molecule has 0 saturated carbocycles. The summed E-state index contributed by atoms with van der Waals surface area (Å²) in [6, 6.07) is 8.96. The van der Waals surface area contributed by atoms with E-state index in [1.807, 2.05) is 17.8 Å². The third-order valence-corrected chi connectivity index (χ3v) is 5.36. The summed E-state index contributed by atoms with van der Waals surface area (Å²) in [5.74, 6) is 1.25. The van der Waals surface area contributed by atoms with Gasteiger partial charge in [0.15, 0.2) is 17.0 Å². The molecule has 1 atom stereocenters. The van der Waals surface area contributed by atoms with Crippen molar-refractivity contribution in [3.8, 4) is 0 Å². The van der Waals surface area contributed by atoms with Crippen LogP contribution in [-0.2, 0) is 12.8 Å². The fourth-order valence-electron chi connectivity index (χ4n) is 3.45. The summed E-state index contributed by atoms with van der Waals surface area (Å²) < 4.78 is 2.05. The molecule has 0 radical (unpaired) electrons. The number of hydrogen-bond donors (Lipinski definition) is 3. The maximum atomic E-state index is 9.54. The zero-order chi connectivity index (χ0) is 21.5. The third kappa shape index (κ3) is 5.27. The lowest BCUT2D eigenvalue weighted by Gasteiger charge is -2.16. The maximum absolute atomic E-state index is 9.54. The van der Waals surface area contributed by atoms with E-state index in [4.69, 9.17) is 0 Å². The Kier molecular flexibility index (Phi) is 7.63. The fraction of sp³-hybridized carbons (Fsp3) is 0.522. The highest BCUT2D eigenvalue weighted by Gasteiger charge is 2.16. The van der Waals surface area contributed by atoms with Gasteiger partial charge in [-0.05, 0) is 50.7 Å². The Hall–Kier alpha value is -2.67. The van der Waals surface area contributed by atoms with Crippen molar-refractivity contribution >= 4 is 22.9 Å². The number of fused-ring (bicyclic) bond motifs is 1. The van der Waals surface area contributed by atoms with Gasteiger partial charge in [-0.2, -0.15) is 9.97 Å². The molecular formula is C23H34N6O. The lowest BCUT2D eigenvalue weighted by atomic mass is 10.1. The summed E-state index contributed by atoms with van der Waals surface area (Å²) in [5, 5.41) is 16.2. The number of aryl methyl sites for hydroxylation is 2. The van der Waals surface area contributed by atoms with Crippen LogP contribution in [0, 0.1) is 0 Å². The molecule has 0 fully saturated rings. The van der Waals surface area contributed by atoms with E-state index in [1.54, 1.807) is 0 Å². The summed E-state index contributed by atoms with van der Waals surface area (Å²) in [7, 11) is 0. The molecule has 162 valence electrons. The van der Waals surface area contributed by atoms with Crippen LogP contribution in [0.1, 0.15) is 57.7 Å². The number of benzene rings is 1. The van der Waals surface area contributed by atoms with Gasteiger partial charge in [0.05, 0.1) is 19.0 Å². The maximum Gasteiger partial charge on any atom is 0.227 e. The monoisotopic (exact) mass is 410 g/mol. The molecule has 7 nitrogen and oxygen atoms in total. The van der Waals surface area contributed by atoms with Crippen LogP contribution in [0.25, 0.3) is 11.2 Å². The molecular weight excluding hydrogens is 376 g/mol. The number of nitrogens with zero attached hydrogens (tertiary/aromatic N) is 4. The van der Waals surface area contributed by atoms with Crippen LogP contribution in [-0.4, -0.2) is 43.8 Å². The number of aromatic nitrogens is 4. The normalized spacial score (nSPS) is 12.5. The lowest BCUT2D eigenvalue weighted by molar-refractivity contribution is 0.271. The third-order valence-electron chi connectivity index (χ3n) is 5.36. The topological polar surface area (TPSA) is 87.9 Å².